The van der Waals surface area contributed by atoms with Crippen LogP contribution in [-0.4, -0.2) is 49.7 Å². The summed E-state index contributed by atoms with van der Waals surface area (Å²) >= 11 is 0. The van der Waals surface area contributed by atoms with E-state index >= 15 is 0 Å². The van der Waals surface area contributed by atoms with Gasteiger partial charge in [0.15, 0.2) is 17.1 Å². The summed E-state index contributed by atoms with van der Waals surface area (Å²) in [5.74, 6) is -3.29. The molecule has 4 N–H and O–H groups in total. The lowest BCUT2D eigenvalue weighted by atomic mass is 9.98. The van der Waals surface area contributed by atoms with Crippen molar-refractivity contribution in [2.45, 2.75) is 38.6 Å². The van der Waals surface area contributed by atoms with Gasteiger partial charge in [-0.1, -0.05) is 30.3 Å². The molecule has 49 heavy (non-hydrogen) atoms. The number of alkyl halides is 2. The van der Waals surface area contributed by atoms with Crippen molar-refractivity contribution in [1.82, 2.24) is 25.2 Å². The number of halogens is 2. The number of aromatic nitrogens is 3. The predicted molar refractivity (Wildman–Crippen MR) is 168 cm³/mol. The van der Waals surface area contributed by atoms with Crippen LogP contribution in [0.25, 0.3) is 5.65 Å². The van der Waals surface area contributed by atoms with E-state index in [1.165, 1.54) is 41.0 Å². The van der Waals surface area contributed by atoms with Crippen LogP contribution in [0.4, 0.5) is 14.5 Å². The molecule has 0 bridgehead atoms. The molecule has 15 heteroatoms. The molecule has 248 valence electrons. The maximum Gasteiger partial charge on any atom is 0.586 e. The Morgan fingerprint density at radius 1 is 0.959 bits per heavy atom. The first-order valence-electron chi connectivity index (χ1n) is 15.1. The molecule has 0 saturated carbocycles. The molecule has 1 aliphatic heterocycles. The van der Waals surface area contributed by atoms with E-state index in [9.17, 15) is 33.1 Å². The Hall–Kier alpha value is -6.38. The van der Waals surface area contributed by atoms with Crippen LogP contribution in [0.3, 0.4) is 0 Å². The number of fused-ring (bicyclic) bond motifs is 3. The van der Waals surface area contributed by atoms with Gasteiger partial charge in [0.05, 0.1) is 17.8 Å². The van der Waals surface area contributed by atoms with Gasteiger partial charge >= 0.3 is 12.3 Å². The molecule has 0 spiro atoms. The Morgan fingerprint density at radius 3 is 2.51 bits per heavy atom. The molecule has 1 atom stereocenters. The largest absolute Gasteiger partial charge is 0.586 e. The van der Waals surface area contributed by atoms with Gasteiger partial charge in [-0.05, 0) is 72.4 Å². The number of rotatable bonds is 8. The van der Waals surface area contributed by atoms with E-state index in [2.05, 4.69) is 35.5 Å². The Bertz CT molecular complexity index is 2190. The normalized spacial score (nSPS) is 15.4. The highest BCUT2D eigenvalue weighted by Gasteiger charge is 2.43. The fourth-order valence-electron chi connectivity index (χ4n) is 5.99. The van der Waals surface area contributed by atoms with Gasteiger partial charge in [-0.2, -0.15) is 5.10 Å². The molecule has 5 aromatic rings. The molecule has 2 aliphatic rings. The fraction of sp³-hybridized carbons (Fsp3) is 0.176. The minimum Gasteiger partial charge on any atom is -0.478 e. The SMILES string of the molecule is Cc1c(C(=O)O)ccc2c1CC[C@@H]2NC(=O)c1cc(C(=O)NCc2ccc3c(c2)OC(F)(F)O3)nc2c(C(=O)Nc3ccccc3)cnn12. The average Bonchev–Trinajstić information content (AvgIpc) is 3.77. The first kappa shape index (κ1) is 31.2. The molecular formula is C34H26F2N6O7. The molecule has 3 aromatic carbocycles. The maximum atomic E-state index is 13.9. The summed E-state index contributed by atoms with van der Waals surface area (Å²) in [5, 5.41) is 22.1. The van der Waals surface area contributed by atoms with Crippen LogP contribution in [0.2, 0.25) is 0 Å². The average molecular weight is 669 g/mol. The van der Waals surface area contributed by atoms with Crippen molar-refractivity contribution < 1.29 is 42.5 Å². The van der Waals surface area contributed by atoms with Crippen LogP contribution in [0.5, 0.6) is 11.5 Å². The number of nitrogens with zero attached hydrogens (tertiary/aromatic N) is 3. The summed E-state index contributed by atoms with van der Waals surface area (Å²) < 4.78 is 37.0. The number of para-hydroxylation sites is 1. The summed E-state index contributed by atoms with van der Waals surface area (Å²) in [6, 6.07) is 16.7. The number of carbonyl (C=O) groups is 4. The molecule has 13 nitrogen and oxygen atoms in total. The number of carbonyl (C=O) groups excluding carboxylic acids is 3. The van der Waals surface area contributed by atoms with Crippen LogP contribution in [-0.2, 0) is 13.0 Å². The highest BCUT2D eigenvalue weighted by Crippen LogP contribution is 2.41. The summed E-state index contributed by atoms with van der Waals surface area (Å²) in [4.78, 5) is 56.6. The summed E-state index contributed by atoms with van der Waals surface area (Å²) in [6.45, 7) is 1.61. The van der Waals surface area contributed by atoms with E-state index in [0.717, 1.165) is 11.1 Å². The molecule has 0 unspecified atom stereocenters. The summed E-state index contributed by atoms with van der Waals surface area (Å²) in [5.41, 5.74) is 2.98. The standard InChI is InChI=1S/C34H26F2N6O7/c1-17-20-10-11-24(22(20)9-8-21(17)33(46)47)41-32(45)26-14-25(31(44)37-15-18-7-12-27-28(13-18)49-34(35,36)48-27)40-29-23(16-38-42(26)29)30(43)39-19-5-3-2-4-6-19/h2-9,12-14,16,24H,10-11,15H2,1H3,(H,37,44)(H,39,43)(H,41,45)(H,46,47)/t24-/m0/s1. The Morgan fingerprint density at radius 2 is 1.73 bits per heavy atom. The number of anilines is 1. The van der Waals surface area contributed by atoms with E-state index in [1.807, 2.05) is 0 Å². The Balaban J connectivity index is 1.19. The monoisotopic (exact) mass is 668 g/mol. The van der Waals surface area contributed by atoms with Crippen molar-refractivity contribution in [3.8, 4) is 11.5 Å². The molecule has 0 saturated heterocycles. The third kappa shape index (κ3) is 5.97. The van der Waals surface area contributed by atoms with Crippen molar-refractivity contribution in [1.29, 1.82) is 0 Å². The number of aromatic carboxylic acids is 1. The Labute approximate surface area is 275 Å². The van der Waals surface area contributed by atoms with Crippen LogP contribution in [0, 0.1) is 6.92 Å². The zero-order valence-corrected chi connectivity index (χ0v) is 25.6. The number of benzene rings is 3. The van der Waals surface area contributed by atoms with E-state index in [-0.39, 0.29) is 46.2 Å². The van der Waals surface area contributed by atoms with Crippen molar-refractivity contribution in [3.05, 3.63) is 118 Å². The molecule has 0 radical (unpaired) electrons. The Kier molecular flexibility index (Phi) is 7.65. The van der Waals surface area contributed by atoms with Gasteiger partial charge in [-0.3, -0.25) is 14.4 Å². The molecule has 3 heterocycles. The fourth-order valence-corrected chi connectivity index (χ4v) is 5.99. The molecular weight excluding hydrogens is 642 g/mol. The van der Waals surface area contributed by atoms with Gasteiger partial charge in [0.2, 0.25) is 0 Å². The predicted octanol–water partition coefficient (Wildman–Crippen LogP) is 4.66. The topological polar surface area (TPSA) is 173 Å². The number of carboxylic acids is 1. The van der Waals surface area contributed by atoms with Crippen LogP contribution >= 0.6 is 0 Å². The van der Waals surface area contributed by atoms with E-state index < -0.39 is 36.0 Å². The van der Waals surface area contributed by atoms with E-state index in [1.54, 1.807) is 43.3 Å². The number of hydrogen-bond donors (Lipinski definition) is 4. The maximum absolute atomic E-state index is 13.9. The first-order chi connectivity index (χ1) is 23.5. The second kappa shape index (κ2) is 12.0. The number of ether oxygens (including phenoxy) is 2. The smallest absolute Gasteiger partial charge is 0.478 e. The zero-order valence-electron chi connectivity index (χ0n) is 25.6. The molecule has 0 fully saturated rings. The second-order valence-corrected chi connectivity index (χ2v) is 11.4. The minimum atomic E-state index is -3.79. The minimum absolute atomic E-state index is 0.00714. The number of carboxylic acid groups (broad SMARTS) is 1. The molecule has 7 rings (SSSR count). The van der Waals surface area contributed by atoms with Crippen molar-refractivity contribution in [3.63, 3.8) is 0 Å². The highest BCUT2D eigenvalue weighted by atomic mass is 19.3. The van der Waals surface area contributed by atoms with Gasteiger partial charge in [-0.25, -0.2) is 14.3 Å². The van der Waals surface area contributed by atoms with Crippen molar-refractivity contribution in [2.24, 2.45) is 0 Å². The molecule has 1 aliphatic carbocycles. The summed E-state index contributed by atoms with van der Waals surface area (Å²) in [7, 11) is 0. The number of amides is 3. The first-order valence-corrected chi connectivity index (χ1v) is 15.1. The zero-order chi connectivity index (χ0) is 34.4. The van der Waals surface area contributed by atoms with Crippen LogP contribution in [0.1, 0.15) is 76.4 Å². The third-order valence-electron chi connectivity index (χ3n) is 8.36. The lowest BCUT2D eigenvalue weighted by Crippen LogP contribution is -2.31. The van der Waals surface area contributed by atoms with Gasteiger partial charge in [0.1, 0.15) is 17.0 Å². The highest BCUT2D eigenvalue weighted by molar-refractivity contribution is 6.09. The van der Waals surface area contributed by atoms with Gasteiger partial charge < -0.3 is 30.5 Å². The lowest BCUT2D eigenvalue weighted by Gasteiger charge is -2.16. The van der Waals surface area contributed by atoms with Crippen molar-refractivity contribution in [2.75, 3.05) is 5.32 Å². The second-order valence-electron chi connectivity index (χ2n) is 11.4. The van der Waals surface area contributed by atoms with Gasteiger partial charge in [0.25, 0.3) is 17.7 Å². The number of hydrogen-bond acceptors (Lipinski definition) is 8. The molecule has 3 amide bonds. The number of nitrogens with one attached hydrogen (secondary N) is 3. The third-order valence-corrected chi connectivity index (χ3v) is 8.36. The van der Waals surface area contributed by atoms with Gasteiger partial charge in [-0.15, -0.1) is 8.78 Å². The van der Waals surface area contributed by atoms with E-state index in [4.69, 9.17) is 0 Å². The van der Waals surface area contributed by atoms with E-state index in [0.29, 0.717) is 29.7 Å². The van der Waals surface area contributed by atoms with Crippen LogP contribution in [0.15, 0.2) is 72.9 Å². The van der Waals surface area contributed by atoms with Gasteiger partial charge in [0, 0.05) is 18.3 Å². The quantitative estimate of drug-likeness (QED) is 0.184. The summed E-state index contributed by atoms with van der Waals surface area (Å²) in [6.07, 6.45) is -1.49. The molecule has 2 aromatic heterocycles. The lowest BCUT2D eigenvalue weighted by molar-refractivity contribution is -0.286. The van der Waals surface area contributed by atoms with Crippen LogP contribution < -0.4 is 25.4 Å². The van der Waals surface area contributed by atoms with Crippen molar-refractivity contribution >= 4 is 35.0 Å².